The van der Waals surface area contributed by atoms with Crippen LogP contribution in [0.2, 0.25) is 0 Å². The van der Waals surface area contributed by atoms with Crippen molar-refractivity contribution in [3.8, 4) is 0 Å². The third-order valence-corrected chi connectivity index (χ3v) is 3.52. The highest BCUT2D eigenvalue weighted by Gasteiger charge is 2.16. The lowest BCUT2D eigenvalue weighted by atomic mass is 10.3. The first-order valence-corrected chi connectivity index (χ1v) is 7.25. The number of rotatable bonds is 4. The van der Waals surface area contributed by atoms with Crippen molar-refractivity contribution >= 4 is 27.9 Å². The highest BCUT2D eigenvalue weighted by atomic mass is 32.2. The Morgan fingerprint density at radius 2 is 2.18 bits per heavy atom. The molecule has 0 aromatic carbocycles. The molecule has 1 atom stereocenters. The standard InChI is InChI=1S/C10H17N5OS/c1-4-7-8-9(14(2)13-7)15(10(11)12-8)5-6-17(3)16/h4-6H2,1-3H3,(H2,11,12). The van der Waals surface area contributed by atoms with Crippen LogP contribution < -0.4 is 5.73 Å². The summed E-state index contributed by atoms with van der Waals surface area (Å²) in [7, 11) is 1.04. The molecule has 2 aromatic rings. The SMILES string of the molecule is CCc1nn(C)c2c1nc(N)n2CCS(C)=O. The van der Waals surface area contributed by atoms with Gasteiger partial charge in [0.1, 0.15) is 5.52 Å². The fraction of sp³-hybridized carbons (Fsp3) is 0.600. The molecule has 0 radical (unpaired) electrons. The average Bonchev–Trinajstić information content (AvgIpc) is 2.73. The summed E-state index contributed by atoms with van der Waals surface area (Å²) in [5.74, 6) is 1.04. The van der Waals surface area contributed by atoms with E-state index < -0.39 is 10.8 Å². The molecule has 0 aliphatic rings. The first-order chi connectivity index (χ1) is 8.04. The zero-order valence-corrected chi connectivity index (χ0v) is 11.1. The second-order valence-corrected chi connectivity index (χ2v) is 5.55. The van der Waals surface area contributed by atoms with Crippen molar-refractivity contribution < 1.29 is 4.21 Å². The van der Waals surface area contributed by atoms with E-state index in [4.69, 9.17) is 5.73 Å². The molecule has 1 unspecified atom stereocenters. The van der Waals surface area contributed by atoms with E-state index >= 15 is 0 Å². The van der Waals surface area contributed by atoms with Gasteiger partial charge in [-0.25, -0.2) is 4.98 Å². The normalized spacial score (nSPS) is 13.4. The lowest BCUT2D eigenvalue weighted by molar-refractivity contribution is 0.674. The summed E-state index contributed by atoms with van der Waals surface area (Å²) in [6.45, 7) is 2.65. The second kappa shape index (κ2) is 4.48. The summed E-state index contributed by atoms with van der Waals surface area (Å²) in [4.78, 5) is 4.34. The van der Waals surface area contributed by atoms with Crippen molar-refractivity contribution in [1.82, 2.24) is 19.3 Å². The molecule has 0 aliphatic heterocycles. The number of aromatic nitrogens is 4. The zero-order valence-electron chi connectivity index (χ0n) is 10.3. The van der Waals surface area contributed by atoms with Crippen molar-refractivity contribution in [1.29, 1.82) is 0 Å². The summed E-state index contributed by atoms with van der Waals surface area (Å²) in [5.41, 5.74) is 8.60. The van der Waals surface area contributed by atoms with Gasteiger partial charge in [-0.3, -0.25) is 13.5 Å². The van der Waals surface area contributed by atoms with Gasteiger partial charge in [-0.05, 0) is 6.42 Å². The number of hydrogen-bond acceptors (Lipinski definition) is 4. The Kier molecular flexibility index (Phi) is 3.19. The molecule has 94 valence electrons. The molecule has 0 bridgehead atoms. The van der Waals surface area contributed by atoms with E-state index in [1.165, 1.54) is 0 Å². The van der Waals surface area contributed by atoms with Crippen LogP contribution in [-0.4, -0.2) is 35.5 Å². The average molecular weight is 255 g/mol. The van der Waals surface area contributed by atoms with E-state index in [2.05, 4.69) is 10.1 Å². The summed E-state index contributed by atoms with van der Waals surface area (Å²) in [6.07, 6.45) is 2.51. The fourth-order valence-corrected chi connectivity index (χ4v) is 2.38. The summed E-state index contributed by atoms with van der Waals surface area (Å²) in [5, 5.41) is 4.40. The molecule has 6 nitrogen and oxygen atoms in total. The lowest BCUT2D eigenvalue weighted by Gasteiger charge is -2.05. The highest BCUT2D eigenvalue weighted by molar-refractivity contribution is 7.84. The van der Waals surface area contributed by atoms with Crippen LogP contribution in [0.4, 0.5) is 5.95 Å². The Morgan fingerprint density at radius 3 is 2.76 bits per heavy atom. The van der Waals surface area contributed by atoms with E-state index in [9.17, 15) is 4.21 Å². The highest BCUT2D eigenvalue weighted by Crippen LogP contribution is 2.20. The van der Waals surface area contributed by atoms with Crippen LogP contribution in [-0.2, 0) is 30.8 Å². The first kappa shape index (κ1) is 12.1. The van der Waals surface area contributed by atoms with Gasteiger partial charge in [0.15, 0.2) is 5.65 Å². The molecule has 7 heteroatoms. The predicted molar refractivity (Wildman–Crippen MR) is 69.2 cm³/mol. The van der Waals surface area contributed by atoms with E-state index in [0.29, 0.717) is 18.2 Å². The van der Waals surface area contributed by atoms with Crippen LogP contribution in [0.25, 0.3) is 11.2 Å². The minimum absolute atomic E-state index is 0.466. The molecule has 0 aliphatic carbocycles. The third-order valence-electron chi connectivity index (χ3n) is 2.76. The molecule has 2 rings (SSSR count). The number of aryl methyl sites for hydroxylation is 3. The minimum Gasteiger partial charge on any atom is -0.369 e. The van der Waals surface area contributed by atoms with Gasteiger partial charge in [0.25, 0.3) is 0 Å². The molecular weight excluding hydrogens is 238 g/mol. The smallest absolute Gasteiger partial charge is 0.202 e. The van der Waals surface area contributed by atoms with Crippen LogP contribution in [0.5, 0.6) is 0 Å². The van der Waals surface area contributed by atoms with Crippen molar-refractivity contribution in [2.24, 2.45) is 7.05 Å². The van der Waals surface area contributed by atoms with Gasteiger partial charge in [-0.15, -0.1) is 0 Å². The number of fused-ring (bicyclic) bond motifs is 1. The van der Waals surface area contributed by atoms with Gasteiger partial charge >= 0.3 is 0 Å². The predicted octanol–water partition coefficient (Wildman–Crippen LogP) is 0.293. The third kappa shape index (κ3) is 2.06. The fourth-order valence-electron chi connectivity index (χ4n) is 1.94. The minimum atomic E-state index is -0.837. The van der Waals surface area contributed by atoms with Gasteiger partial charge < -0.3 is 5.73 Å². The van der Waals surface area contributed by atoms with Gasteiger partial charge in [-0.1, -0.05) is 6.92 Å². The maximum atomic E-state index is 11.1. The molecule has 2 N–H and O–H groups in total. The largest absolute Gasteiger partial charge is 0.369 e. The maximum Gasteiger partial charge on any atom is 0.202 e. The quantitative estimate of drug-likeness (QED) is 0.852. The summed E-state index contributed by atoms with van der Waals surface area (Å²) < 4.78 is 14.8. The molecule has 17 heavy (non-hydrogen) atoms. The van der Waals surface area contributed by atoms with Gasteiger partial charge in [0.05, 0.1) is 5.69 Å². The van der Waals surface area contributed by atoms with Crippen LogP contribution >= 0.6 is 0 Å². The monoisotopic (exact) mass is 255 g/mol. The zero-order chi connectivity index (χ0) is 12.6. The molecule has 2 heterocycles. The Labute approximate surface area is 102 Å². The second-order valence-electron chi connectivity index (χ2n) is 4.00. The molecule has 0 fully saturated rings. The van der Waals surface area contributed by atoms with Crippen LogP contribution in [0.1, 0.15) is 12.6 Å². The molecule has 0 amide bonds. The van der Waals surface area contributed by atoms with Crippen LogP contribution in [0.3, 0.4) is 0 Å². The number of imidazole rings is 1. The molecule has 0 spiro atoms. The Bertz CT molecular complexity index is 571. The molecular formula is C10H17N5OS. The molecule has 0 saturated heterocycles. The molecule has 2 aromatic heterocycles. The van der Waals surface area contributed by atoms with Crippen molar-refractivity contribution in [2.75, 3.05) is 17.7 Å². The van der Waals surface area contributed by atoms with E-state index in [1.807, 2.05) is 18.5 Å². The first-order valence-electron chi connectivity index (χ1n) is 5.52. The van der Waals surface area contributed by atoms with E-state index in [-0.39, 0.29) is 0 Å². The van der Waals surface area contributed by atoms with Gasteiger partial charge in [0.2, 0.25) is 5.95 Å². The number of nitrogens with zero attached hydrogens (tertiary/aromatic N) is 4. The summed E-state index contributed by atoms with van der Waals surface area (Å²) in [6, 6.07) is 0. The summed E-state index contributed by atoms with van der Waals surface area (Å²) >= 11 is 0. The number of hydrogen-bond donors (Lipinski definition) is 1. The van der Waals surface area contributed by atoms with E-state index in [1.54, 1.807) is 10.9 Å². The van der Waals surface area contributed by atoms with Crippen molar-refractivity contribution in [3.05, 3.63) is 5.69 Å². The topological polar surface area (TPSA) is 78.7 Å². The Morgan fingerprint density at radius 1 is 1.47 bits per heavy atom. The maximum absolute atomic E-state index is 11.1. The number of nitrogens with two attached hydrogens (primary N) is 1. The number of nitrogen functional groups attached to an aromatic ring is 1. The lowest BCUT2D eigenvalue weighted by Crippen LogP contribution is -2.11. The van der Waals surface area contributed by atoms with Crippen LogP contribution in [0, 0.1) is 0 Å². The Hall–Kier alpha value is -1.37. The molecule has 0 saturated carbocycles. The van der Waals surface area contributed by atoms with Gasteiger partial charge in [-0.2, -0.15) is 5.10 Å². The van der Waals surface area contributed by atoms with Crippen LogP contribution in [0.15, 0.2) is 0 Å². The van der Waals surface area contributed by atoms with Crippen molar-refractivity contribution in [2.45, 2.75) is 19.9 Å². The van der Waals surface area contributed by atoms with E-state index in [0.717, 1.165) is 23.3 Å². The number of anilines is 1. The van der Waals surface area contributed by atoms with Crippen molar-refractivity contribution in [3.63, 3.8) is 0 Å². The Balaban J connectivity index is 2.50. The van der Waals surface area contributed by atoms with Gasteiger partial charge in [0, 0.05) is 36.4 Å².